The number of methoxy groups -OCH3 is 1. The summed E-state index contributed by atoms with van der Waals surface area (Å²) in [6, 6.07) is 5.23. The first kappa shape index (κ1) is 12.2. The summed E-state index contributed by atoms with van der Waals surface area (Å²) < 4.78 is 19.6. The molecule has 0 spiro atoms. The predicted molar refractivity (Wildman–Crippen MR) is 70.0 cm³/mol. The number of benzene rings is 1. The van der Waals surface area contributed by atoms with Crippen LogP contribution in [-0.4, -0.2) is 26.7 Å². The molecule has 0 saturated carbocycles. The number of nitrogen functional groups attached to an aromatic ring is 1. The van der Waals surface area contributed by atoms with Gasteiger partial charge in [-0.15, -0.1) is 5.10 Å². The van der Waals surface area contributed by atoms with Crippen molar-refractivity contribution in [2.75, 3.05) is 12.8 Å². The quantitative estimate of drug-likeness (QED) is 0.721. The number of ether oxygens (including phenoxy) is 1. The molecule has 0 amide bonds. The molecular weight excluding hydrogens is 265 g/mol. The number of fused-ring (bicyclic) bond motifs is 1. The standard InChI is InChI=1S/C12H10FN5O2/c1-20-9-3-2-6(13)4-7(9)8-5-10(19)18-11(14)16-17-12(18)15-8/h2-5H,1H3,(H2,14,16)(H,15,17). The van der Waals surface area contributed by atoms with Crippen LogP contribution in [0.4, 0.5) is 10.3 Å². The van der Waals surface area contributed by atoms with E-state index in [1.165, 1.54) is 31.4 Å². The second-order valence-corrected chi connectivity index (χ2v) is 4.07. The Morgan fingerprint density at radius 2 is 2.20 bits per heavy atom. The van der Waals surface area contributed by atoms with E-state index in [1.54, 1.807) is 0 Å². The van der Waals surface area contributed by atoms with Crippen molar-refractivity contribution in [1.82, 2.24) is 19.6 Å². The minimum atomic E-state index is -0.452. The number of H-pyrrole nitrogens is 1. The van der Waals surface area contributed by atoms with Gasteiger partial charge in [-0.25, -0.2) is 18.9 Å². The molecule has 20 heavy (non-hydrogen) atoms. The van der Waals surface area contributed by atoms with Crippen LogP contribution in [0.2, 0.25) is 0 Å². The van der Waals surface area contributed by atoms with Crippen molar-refractivity contribution in [3.05, 3.63) is 40.4 Å². The highest BCUT2D eigenvalue weighted by Crippen LogP contribution is 2.28. The van der Waals surface area contributed by atoms with Crippen molar-refractivity contribution in [2.45, 2.75) is 0 Å². The van der Waals surface area contributed by atoms with Crippen molar-refractivity contribution in [3.8, 4) is 17.0 Å². The molecule has 0 radical (unpaired) electrons. The Bertz CT molecular complexity index is 855. The molecule has 2 heterocycles. The molecule has 0 saturated heterocycles. The van der Waals surface area contributed by atoms with E-state index in [9.17, 15) is 9.18 Å². The number of hydrogen-bond donors (Lipinski definition) is 2. The van der Waals surface area contributed by atoms with Crippen molar-refractivity contribution in [2.24, 2.45) is 0 Å². The molecule has 3 N–H and O–H groups in total. The van der Waals surface area contributed by atoms with Crippen molar-refractivity contribution < 1.29 is 9.13 Å². The number of nitrogens with one attached hydrogen (secondary N) is 1. The number of halogens is 1. The van der Waals surface area contributed by atoms with Gasteiger partial charge in [0.05, 0.1) is 12.8 Å². The van der Waals surface area contributed by atoms with Gasteiger partial charge in [-0.3, -0.25) is 4.79 Å². The van der Waals surface area contributed by atoms with Crippen LogP contribution in [-0.2, 0) is 0 Å². The average molecular weight is 275 g/mol. The molecule has 0 atom stereocenters. The van der Waals surface area contributed by atoms with Gasteiger partial charge in [0, 0.05) is 11.6 Å². The van der Waals surface area contributed by atoms with Gasteiger partial charge < -0.3 is 10.5 Å². The van der Waals surface area contributed by atoms with Gasteiger partial charge in [0.2, 0.25) is 11.7 Å². The van der Waals surface area contributed by atoms with Crippen molar-refractivity contribution in [3.63, 3.8) is 0 Å². The normalized spacial score (nSPS) is 10.9. The fourth-order valence-corrected chi connectivity index (χ4v) is 1.95. The van der Waals surface area contributed by atoms with E-state index < -0.39 is 11.4 Å². The molecule has 0 aliphatic rings. The summed E-state index contributed by atoms with van der Waals surface area (Å²) >= 11 is 0. The Hall–Kier alpha value is -2.90. The number of rotatable bonds is 2. The number of hydrogen-bond acceptors (Lipinski definition) is 5. The van der Waals surface area contributed by atoms with Gasteiger partial charge >= 0.3 is 0 Å². The Morgan fingerprint density at radius 1 is 1.40 bits per heavy atom. The fraction of sp³-hybridized carbons (Fsp3) is 0.0833. The summed E-state index contributed by atoms with van der Waals surface area (Å²) in [5, 5.41) is 6.23. The molecule has 0 unspecified atom stereocenters. The van der Waals surface area contributed by atoms with Crippen LogP contribution in [0.5, 0.6) is 5.75 Å². The van der Waals surface area contributed by atoms with Gasteiger partial charge in [-0.1, -0.05) is 0 Å². The number of nitrogens with zero attached hydrogens (tertiary/aromatic N) is 3. The number of aromatic amines is 1. The van der Waals surface area contributed by atoms with Crippen molar-refractivity contribution >= 4 is 11.7 Å². The van der Waals surface area contributed by atoms with E-state index in [2.05, 4.69) is 15.2 Å². The average Bonchev–Trinajstić information content (AvgIpc) is 2.80. The third kappa shape index (κ3) is 1.78. The maximum Gasteiger partial charge on any atom is 0.262 e. The first-order valence-electron chi connectivity index (χ1n) is 5.67. The van der Waals surface area contributed by atoms with Crippen LogP contribution in [0.25, 0.3) is 17.0 Å². The summed E-state index contributed by atoms with van der Waals surface area (Å²) in [6.07, 6.45) is 0. The highest BCUT2D eigenvalue weighted by molar-refractivity contribution is 5.68. The van der Waals surface area contributed by atoms with Gasteiger partial charge in [-0.05, 0) is 18.2 Å². The predicted octanol–water partition coefficient (Wildman–Crippen LogP) is 0.815. The highest BCUT2D eigenvalue weighted by Gasteiger charge is 2.13. The van der Waals surface area contributed by atoms with E-state index >= 15 is 0 Å². The summed E-state index contributed by atoms with van der Waals surface area (Å²) in [4.78, 5) is 16.2. The summed E-state index contributed by atoms with van der Waals surface area (Å²) in [7, 11) is 1.45. The summed E-state index contributed by atoms with van der Waals surface area (Å²) in [5.41, 5.74) is 5.78. The SMILES string of the molecule is COc1ccc(F)cc1-c1cc(=O)n2c(N)n[nH]c2n1. The number of aromatic nitrogens is 4. The summed E-state index contributed by atoms with van der Waals surface area (Å²) in [5.74, 6) is 0.147. The lowest BCUT2D eigenvalue weighted by molar-refractivity contribution is 0.415. The van der Waals surface area contributed by atoms with E-state index in [-0.39, 0.29) is 17.4 Å². The summed E-state index contributed by atoms with van der Waals surface area (Å²) in [6.45, 7) is 0. The monoisotopic (exact) mass is 275 g/mol. The van der Waals surface area contributed by atoms with Gasteiger partial charge in [0.15, 0.2) is 0 Å². The molecule has 8 heteroatoms. The molecule has 3 rings (SSSR count). The largest absolute Gasteiger partial charge is 0.496 e. The Balaban J connectivity index is 2.30. The topological polar surface area (TPSA) is 98.3 Å². The van der Waals surface area contributed by atoms with E-state index in [4.69, 9.17) is 10.5 Å². The zero-order valence-corrected chi connectivity index (χ0v) is 10.4. The van der Waals surface area contributed by atoms with E-state index in [0.29, 0.717) is 11.3 Å². The lowest BCUT2D eigenvalue weighted by atomic mass is 10.1. The van der Waals surface area contributed by atoms with Crippen LogP contribution in [0, 0.1) is 5.82 Å². The second kappa shape index (κ2) is 4.34. The highest BCUT2D eigenvalue weighted by atomic mass is 19.1. The molecule has 0 aliphatic carbocycles. The van der Waals surface area contributed by atoms with E-state index in [1.807, 2.05) is 0 Å². The minimum absolute atomic E-state index is 0.00950. The molecule has 0 bridgehead atoms. The first-order chi connectivity index (χ1) is 9.60. The molecule has 7 nitrogen and oxygen atoms in total. The Labute approximate surface area is 111 Å². The Kier molecular flexibility index (Phi) is 2.63. The van der Waals surface area contributed by atoms with Gasteiger partial charge in [-0.2, -0.15) is 0 Å². The van der Waals surface area contributed by atoms with Crippen molar-refractivity contribution in [1.29, 1.82) is 0 Å². The van der Waals surface area contributed by atoms with E-state index in [0.717, 1.165) is 4.40 Å². The van der Waals surface area contributed by atoms with Crippen LogP contribution >= 0.6 is 0 Å². The molecular formula is C12H10FN5O2. The lowest BCUT2D eigenvalue weighted by Crippen LogP contribution is -2.15. The minimum Gasteiger partial charge on any atom is -0.496 e. The Morgan fingerprint density at radius 3 is 2.95 bits per heavy atom. The number of nitrogens with two attached hydrogens (primary N) is 1. The molecule has 0 fully saturated rings. The zero-order chi connectivity index (χ0) is 14.3. The first-order valence-corrected chi connectivity index (χ1v) is 5.67. The third-order valence-corrected chi connectivity index (χ3v) is 2.86. The molecule has 1 aromatic carbocycles. The zero-order valence-electron chi connectivity index (χ0n) is 10.4. The molecule has 3 aromatic rings. The fourth-order valence-electron chi connectivity index (χ4n) is 1.95. The molecule has 2 aromatic heterocycles. The van der Waals surface area contributed by atoms with Crippen LogP contribution in [0.1, 0.15) is 0 Å². The van der Waals surface area contributed by atoms with Crippen LogP contribution in [0.15, 0.2) is 29.1 Å². The van der Waals surface area contributed by atoms with Crippen LogP contribution in [0.3, 0.4) is 0 Å². The maximum absolute atomic E-state index is 13.4. The molecule has 0 aliphatic heterocycles. The number of anilines is 1. The molecule has 102 valence electrons. The third-order valence-electron chi connectivity index (χ3n) is 2.86. The van der Waals surface area contributed by atoms with Gasteiger partial charge in [0.1, 0.15) is 11.6 Å². The second-order valence-electron chi connectivity index (χ2n) is 4.07. The smallest absolute Gasteiger partial charge is 0.262 e. The van der Waals surface area contributed by atoms with Gasteiger partial charge in [0.25, 0.3) is 5.56 Å². The maximum atomic E-state index is 13.4. The van der Waals surface area contributed by atoms with Crippen LogP contribution < -0.4 is 16.0 Å². The lowest BCUT2D eigenvalue weighted by Gasteiger charge is -2.07.